The molecule has 0 aliphatic heterocycles. The molecule has 5 nitrogen and oxygen atoms in total. The van der Waals surface area contributed by atoms with Crippen LogP contribution in [-0.4, -0.2) is 27.9 Å². The Labute approximate surface area is 197 Å². The molecule has 0 spiro atoms. The zero-order chi connectivity index (χ0) is 24.7. The van der Waals surface area contributed by atoms with E-state index in [0.29, 0.717) is 30.8 Å². The highest BCUT2D eigenvalue weighted by Crippen LogP contribution is 2.61. The predicted molar refractivity (Wildman–Crippen MR) is 130 cm³/mol. The minimum Gasteiger partial charge on any atom is -0.507 e. The van der Waals surface area contributed by atoms with Gasteiger partial charge in [0.05, 0.1) is 11.1 Å². The van der Waals surface area contributed by atoms with Crippen molar-refractivity contribution in [2.75, 3.05) is 0 Å². The standard InChI is InChI=1S/C28H38O5/c1-15(2)11-19(24-26(32)20(13-29)25(31)21(14-30)27(24)33)22-8-7-17(5)23-12-18(16(3)4)9-10-28(22,23)6/h12-15,17-19,22,31-33H,3,7-11H2,1-2,4-6H3/t17-,18-,19+,22+,28-/m0/s1. The summed E-state index contributed by atoms with van der Waals surface area (Å²) in [6.45, 7) is 15.0. The lowest BCUT2D eigenvalue weighted by atomic mass is 9.51. The van der Waals surface area contributed by atoms with Gasteiger partial charge in [-0.2, -0.15) is 0 Å². The molecule has 5 atom stereocenters. The Hall–Kier alpha value is -2.56. The lowest BCUT2D eigenvalue weighted by molar-refractivity contribution is 0.0932. The fourth-order valence-electron chi connectivity index (χ4n) is 6.49. The van der Waals surface area contributed by atoms with Gasteiger partial charge in [-0.05, 0) is 74.0 Å². The first-order chi connectivity index (χ1) is 15.5. The molecule has 0 unspecified atom stereocenters. The van der Waals surface area contributed by atoms with Crippen LogP contribution >= 0.6 is 0 Å². The quantitative estimate of drug-likeness (QED) is 0.322. The lowest BCUT2D eigenvalue weighted by Crippen LogP contribution is -2.42. The van der Waals surface area contributed by atoms with Crippen LogP contribution in [0.25, 0.3) is 0 Å². The number of carbonyl (C=O) groups excluding carboxylic acids is 2. The molecular formula is C28H38O5. The predicted octanol–water partition coefficient (Wildman–Crippen LogP) is 6.52. The van der Waals surface area contributed by atoms with Crippen LogP contribution in [0.2, 0.25) is 0 Å². The topological polar surface area (TPSA) is 94.8 Å². The fourth-order valence-corrected chi connectivity index (χ4v) is 6.49. The van der Waals surface area contributed by atoms with Crippen molar-refractivity contribution < 1.29 is 24.9 Å². The van der Waals surface area contributed by atoms with Crippen molar-refractivity contribution in [2.24, 2.45) is 29.1 Å². The number of aromatic hydroxyl groups is 3. The molecule has 1 aromatic rings. The number of hydrogen-bond donors (Lipinski definition) is 3. The molecule has 1 aromatic carbocycles. The van der Waals surface area contributed by atoms with Crippen molar-refractivity contribution in [2.45, 2.75) is 72.6 Å². The first-order valence-corrected chi connectivity index (χ1v) is 12.1. The van der Waals surface area contributed by atoms with Crippen LogP contribution < -0.4 is 0 Å². The number of benzene rings is 1. The van der Waals surface area contributed by atoms with Crippen LogP contribution in [0.1, 0.15) is 98.9 Å². The summed E-state index contributed by atoms with van der Waals surface area (Å²) < 4.78 is 0. The summed E-state index contributed by atoms with van der Waals surface area (Å²) in [7, 11) is 0. The van der Waals surface area contributed by atoms with Gasteiger partial charge in [-0.1, -0.05) is 51.5 Å². The van der Waals surface area contributed by atoms with E-state index < -0.39 is 17.2 Å². The van der Waals surface area contributed by atoms with Gasteiger partial charge in [0.1, 0.15) is 17.2 Å². The SMILES string of the molecule is C=C(C)[C@@H]1C=C2[C@@H](C)CC[C@H]([C@@H](CC(C)C)c3c(O)c(C=O)c(O)c(C=O)c3O)[C@]2(C)CC1. The van der Waals surface area contributed by atoms with Gasteiger partial charge in [0, 0.05) is 5.56 Å². The molecule has 0 amide bonds. The summed E-state index contributed by atoms with van der Waals surface area (Å²) in [5.74, 6) is -0.627. The molecule has 33 heavy (non-hydrogen) atoms. The number of phenolic OH excluding ortho intramolecular Hbond substituents is 3. The molecule has 3 rings (SSSR count). The molecule has 0 bridgehead atoms. The molecule has 0 aromatic heterocycles. The number of aldehydes is 2. The van der Waals surface area contributed by atoms with Crippen LogP contribution in [0.4, 0.5) is 0 Å². The highest BCUT2D eigenvalue weighted by atomic mass is 16.3. The van der Waals surface area contributed by atoms with Crippen LogP contribution in [0, 0.1) is 29.1 Å². The Morgan fingerprint density at radius 1 is 1.09 bits per heavy atom. The third kappa shape index (κ3) is 4.22. The van der Waals surface area contributed by atoms with Gasteiger partial charge in [-0.25, -0.2) is 0 Å². The Bertz CT molecular complexity index is 953. The molecule has 5 heteroatoms. The van der Waals surface area contributed by atoms with Crippen LogP contribution in [0.3, 0.4) is 0 Å². The minimum absolute atomic E-state index is 0.105. The van der Waals surface area contributed by atoms with Crippen LogP contribution in [-0.2, 0) is 0 Å². The summed E-state index contributed by atoms with van der Waals surface area (Å²) >= 11 is 0. The van der Waals surface area contributed by atoms with E-state index in [4.69, 9.17) is 0 Å². The second-order valence-corrected chi connectivity index (χ2v) is 10.9. The van der Waals surface area contributed by atoms with Gasteiger partial charge in [-0.15, -0.1) is 0 Å². The first-order valence-electron chi connectivity index (χ1n) is 12.1. The normalized spacial score (nSPS) is 28.1. The molecule has 0 saturated heterocycles. The largest absolute Gasteiger partial charge is 0.507 e. The Kier molecular flexibility index (Phi) is 7.11. The lowest BCUT2D eigenvalue weighted by Gasteiger charge is -2.53. The highest BCUT2D eigenvalue weighted by Gasteiger charge is 2.49. The average Bonchev–Trinajstić information content (AvgIpc) is 2.73. The number of hydrogen-bond acceptors (Lipinski definition) is 5. The van der Waals surface area contributed by atoms with Crippen molar-refractivity contribution in [1.82, 2.24) is 0 Å². The van der Waals surface area contributed by atoms with Gasteiger partial charge in [0.15, 0.2) is 12.6 Å². The van der Waals surface area contributed by atoms with Gasteiger partial charge in [0.2, 0.25) is 0 Å². The first kappa shape index (κ1) is 25.1. The highest BCUT2D eigenvalue weighted by molar-refractivity contribution is 5.95. The van der Waals surface area contributed by atoms with Crippen molar-refractivity contribution in [1.29, 1.82) is 0 Å². The third-order valence-electron chi connectivity index (χ3n) is 8.26. The van der Waals surface area contributed by atoms with E-state index in [9.17, 15) is 24.9 Å². The van der Waals surface area contributed by atoms with E-state index in [1.807, 2.05) is 0 Å². The third-order valence-corrected chi connectivity index (χ3v) is 8.26. The second kappa shape index (κ2) is 9.36. The molecule has 2 aliphatic carbocycles. The number of phenols is 3. The summed E-state index contributed by atoms with van der Waals surface area (Å²) in [5, 5.41) is 32.4. The maximum atomic E-state index is 11.7. The molecule has 180 valence electrons. The zero-order valence-corrected chi connectivity index (χ0v) is 20.5. The van der Waals surface area contributed by atoms with E-state index in [1.54, 1.807) is 0 Å². The van der Waals surface area contributed by atoms with Crippen molar-refractivity contribution in [3.63, 3.8) is 0 Å². The molecule has 3 N–H and O–H groups in total. The smallest absolute Gasteiger partial charge is 0.157 e. The Morgan fingerprint density at radius 2 is 1.67 bits per heavy atom. The molecule has 1 fully saturated rings. The second-order valence-electron chi connectivity index (χ2n) is 10.9. The van der Waals surface area contributed by atoms with Gasteiger partial charge in [0.25, 0.3) is 0 Å². The van der Waals surface area contributed by atoms with Crippen molar-refractivity contribution >= 4 is 12.6 Å². The Morgan fingerprint density at radius 3 is 2.15 bits per heavy atom. The number of allylic oxidation sites excluding steroid dienone is 3. The van der Waals surface area contributed by atoms with Gasteiger partial charge in [-0.3, -0.25) is 9.59 Å². The fraction of sp³-hybridized carbons (Fsp3) is 0.571. The molecule has 0 heterocycles. The molecule has 1 saturated carbocycles. The minimum atomic E-state index is -0.673. The van der Waals surface area contributed by atoms with Crippen LogP contribution in [0.5, 0.6) is 17.2 Å². The van der Waals surface area contributed by atoms with Crippen molar-refractivity contribution in [3.8, 4) is 17.2 Å². The van der Waals surface area contributed by atoms with Crippen molar-refractivity contribution in [3.05, 3.63) is 40.5 Å². The van der Waals surface area contributed by atoms with Crippen LogP contribution in [0.15, 0.2) is 23.8 Å². The summed E-state index contributed by atoms with van der Waals surface area (Å²) in [4.78, 5) is 23.4. The number of fused-ring (bicyclic) bond motifs is 1. The van der Waals surface area contributed by atoms with Gasteiger partial charge < -0.3 is 15.3 Å². The summed E-state index contributed by atoms with van der Waals surface area (Å²) in [5.41, 5.74) is 1.98. The maximum absolute atomic E-state index is 11.7. The zero-order valence-electron chi connectivity index (χ0n) is 20.5. The number of rotatable bonds is 7. The molecule has 0 radical (unpaired) electrons. The molecular weight excluding hydrogens is 416 g/mol. The van der Waals surface area contributed by atoms with E-state index in [2.05, 4.69) is 47.3 Å². The van der Waals surface area contributed by atoms with E-state index in [1.165, 1.54) is 5.57 Å². The van der Waals surface area contributed by atoms with E-state index >= 15 is 0 Å². The average molecular weight is 455 g/mol. The summed E-state index contributed by atoms with van der Waals surface area (Å²) in [6, 6.07) is 0. The Balaban J connectivity index is 2.23. The maximum Gasteiger partial charge on any atom is 0.157 e. The van der Waals surface area contributed by atoms with E-state index in [-0.39, 0.29) is 39.9 Å². The summed E-state index contributed by atoms with van der Waals surface area (Å²) in [6.07, 6.45) is 7.64. The number of carbonyl (C=O) groups is 2. The molecule has 2 aliphatic rings. The van der Waals surface area contributed by atoms with E-state index in [0.717, 1.165) is 31.3 Å². The van der Waals surface area contributed by atoms with Gasteiger partial charge >= 0.3 is 0 Å². The monoisotopic (exact) mass is 454 g/mol.